The van der Waals surface area contributed by atoms with Gasteiger partial charge in [-0.05, 0) is 25.1 Å². The van der Waals surface area contributed by atoms with E-state index in [0.717, 1.165) is 23.1 Å². The molecule has 3 N–H and O–H groups in total. The van der Waals surface area contributed by atoms with Gasteiger partial charge in [-0.15, -0.1) is 0 Å². The van der Waals surface area contributed by atoms with Crippen molar-refractivity contribution < 1.29 is 42.4 Å². The lowest BCUT2D eigenvalue weighted by atomic mass is 10.1. The largest absolute Gasteiger partial charge is 0.481 e. The smallest absolute Gasteiger partial charge is 0.417 e. The maximum absolute atomic E-state index is 12.8. The normalized spacial score (nSPS) is 13.8. The number of alkyl halides is 3. The third kappa shape index (κ3) is 7.98. The van der Waals surface area contributed by atoms with Gasteiger partial charge in [0.2, 0.25) is 5.91 Å². The molecule has 12 heteroatoms. The van der Waals surface area contributed by atoms with E-state index in [2.05, 4.69) is 5.32 Å². The second-order valence-electron chi connectivity index (χ2n) is 6.45. The number of amides is 1. The van der Waals surface area contributed by atoms with E-state index in [-0.39, 0.29) is 18.8 Å². The Bertz CT molecular complexity index is 730. The predicted octanol–water partition coefficient (Wildman–Crippen LogP) is 2.44. The van der Waals surface area contributed by atoms with E-state index >= 15 is 0 Å². The summed E-state index contributed by atoms with van der Waals surface area (Å²) in [7, 11) is 2.69. The zero-order valence-electron chi connectivity index (χ0n) is 16.6. The first-order valence-corrected chi connectivity index (χ1v) is 9.14. The highest BCUT2D eigenvalue weighted by Gasteiger charge is 2.33. The van der Waals surface area contributed by atoms with Gasteiger partial charge in [0.05, 0.1) is 29.7 Å². The standard InChI is InChI=1S/C18H24ClF3N2O6/c1-10(23-11-4-5-13(14(19)6-11)18(20,21)22)17(28)24(9-16(29-2)30-3)8-12(25)7-15(26)27/h4-6,10,12,16,23,25H,7-9H2,1-3H3,(H,26,27)/t10-,12-/m0/s1. The number of halogens is 4. The Hall–Kier alpha value is -2.08. The first kappa shape index (κ1) is 26.0. The number of rotatable bonds is 11. The zero-order chi connectivity index (χ0) is 23.1. The molecule has 0 saturated carbocycles. The van der Waals surface area contributed by atoms with E-state index < -0.39 is 53.5 Å². The van der Waals surface area contributed by atoms with Crippen LogP contribution in [0.15, 0.2) is 18.2 Å². The molecule has 8 nitrogen and oxygen atoms in total. The van der Waals surface area contributed by atoms with Gasteiger partial charge in [0.1, 0.15) is 6.04 Å². The minimum atomic E-state index is -4.61. The van der Waals surface area contributed by atoms with E-state index in [1.807, 2.05) is 0 Å². The zero-order valence-corrected chi connectivity index (χ0v) is 17.3. The molecule has 0 bridgehead atoms. The van der Waals surface area contributed by atoms with Crippen LogP contribution in [0, 0.1) is 0 Å². The number of methoxy groups -OCH3 is 2. The number of aliphatic hydroxyl groups excluding tert-OH is 1. The Morgan fingerprint density at radius 2 is 1.83 bits per heavy atom. The van der Waals surface area contributed by atoms with Gasteiger partial charge in [0, 0.05) is 26.5 Å². The van der Waals surface area contributed by atoms with Crippen molar-refractivity contribution in [1.82, 2.24) is 4.90 Å². The first-order chi connectivity index (χ1) is 13.9. The molecule has 0 radical (unpaired) electrons. The summed E-state index contributed by atoms with van der Waals surface area (Å²) in [5.74, 6) is -1.80. The number of carbonyl (C=O) groups is 2. The summed E-state index contributed by atoms with van der Waals surface area (Å²) < 4.78 is 48.6. The molecule has 0 fully saturated rings. The third-order valence-corrected chi connectivity index (χ3v) is 4.39. The highest BCUT2D eigenvalue weighted by molar-refractivity contribution is 6.31. The minimum absolute atomic E-state index is 0.109. The number of aliphatic hydroxyl groups is 1. The number of benzene rings is 1. The van der Waals surface area contributed by atoms with Gasteiger partial charge in [0.25, 0.3) is 0 Å². The van der Waals surface area contributed by atoms with Crippen molar-refractivity contribution in [2.45, 2.75) is 38.0 Å². The first-order valence-electron chi connectivity index (χ1n) is 8.76. The monoisotopic (exact) mass is 456 g/mol. The second kappa shape index (κ2) is 11.3. The summed E-state index contributed by atoms with van der Waals surface area (Å²) in [6.45, 7) is 1.04. The Balaban J connectivity index is 2.96. The summed E-state index contributed by atoms with van der Waals surface area (Å²) in [5, 5.41) is 20.9. The molecule has 0 heterocycles. The van der Waals surface area contributed by atoms with Crippen LogP contribution in [0.4, 0.5) is 18.9 Å². The van der Waals surface area contributed by atoms with E-state index in [1.54, 1.807) is 0 Å². The molecule has 1 amide bonds. The Morgan fingerprint density at radius 3 is 2.30 bits per heavy atom. The van der Waals surface area contributed by atoms with Crippen molar-refractivity contribution in [1.29, 1.82) is 0 Å². The molecule has 0 aliphatic carbocycles. The van der Waals surface area contributed by atoms with Crippen LogP contribution in [-0.2, 0) is 25.2 Å². The highest BCUT2D eigenvalue weighted by atomic mass is 35.5. The SMILES string of the molecule is COC(CN(C[C@@H](O)CC(=O)O)C(=O)[C@H](C)Nc1ccc(C(F)(F)F)c(Cl)c1)OC. The Kier molecular flexibility index (Phi) is 9.82. The van der Waals surface area contributed by atoms with Crippen LogP contribution in [0.1, 0.15) is 18.9 Å². The molecule has 170 valence electrons. The fraction of sp³-hybridized carbons (Fsp3) is 0.556. The van der Waals surface area contributed by atoms with Crippen LogP contribution in [0.25, 0.3) is 0 Å². The fourth-order valence-corrected chi connectivity index (χ4v) is 2.91. The Labute approximate surface area is 176 Å². The molecular formula is C18H24ClF3N2O6. The molecule has 0 aromatic heterocycles. The van der Waals surface area contributed by atoms with E-state index in [4.69, 9.17) is 26.2 Å². The van der Waals surface area contributed by atoms with Crippen LogP contribution in [0.5, 0.6) is 0 Å². The lowest BCUT2D eigenvalue weighted by molar-refractivity contribution is -0.150. The van der Waals surface area contributed by atoms with Gasteiger partial charge in [0.15, 0.2) is 6.29 Å². The lowest BCUT2D eigenvalue weighted by Gasteiger charge is -2.30. The average molecular weight is 457 g/mol. The predicted molar refractivity (Wildman–Crippen MR) is 102 cm³/mol. The number of ether oxygens (including phenoxy) is 2. The molecule has 1 aromatic rings. The number of carboxylic acids is 1. The fourth-order valence-electron chi connectivity index (χ4n) is 2.62. The van der Waals surface area contributed by atoms with Crippen LogP contribution < -0.4 is 5.32 Å². The molecule has 30 heavy (non-hydrogen) atoms. The van der Waals surface area contributed by atoms with Crippen molar-refractivity contribution in [3.05, 3.63) is 28.8 Å². The van der Waals surface area contributed by atoms with Crippen molar-refractivity contribution in [2.24, 2.45) is 0 Å². The van der Waals surface area contributed by atoms with Gasteiger partial charge in [-0.25, -0.2) is 0 Å². The molecule has 0 unspecified atom stereocenters. The summed E-state index contributed by atoms with van der Waals surface area (Å²) in [4.78, 5) is 24.8. The third-order valence-electron chi connectivity index (χ3n) is 4.08. The van der Waals surface area contributed by atoms with Gasteiger partial charge in [-0.3, -0.25) is 9.59 Å². The van der Waals surface area contributed by atoms with Crippen LogP contribution in [-0.4, -0.2) is 72.7 Å². The number of anilines is 1. The van der Waals surface area contributed by atoms with Crippen LogP contribution in [0.2, 0.25) is 5.02 Å². The van der Waals surface area contributed by atoms with E-state index in [9.17, 15) is 27.9 Å². The highest BCUT2D eigenvalue weighted by Crippen LogP contribution is 2.35. The number of aliphatic carboxylic acids is 1. The van der Waals surface area contributed by atoms with E-state index in [1.165, 1.54) is 21.1 Å². The number of carbonyl (C=O) groups excluding carboxylic acids is 1. The topological polar surface area (TPSA) is 108 Å². The number of hydrogen-bond donors (Lipinski definition) is 3. The maximum Gasteiger partial charge on any atom is 0.417 e. The Morgan fingerprint density at radius 1 is 1.23 bits per heavy atom. The van der Waals surface area contributed by atoms with Crippen LogP contribution >= 0.6 is 11.6 Å². The number of nitrogens with one attached hydrogen (secondary N) is 1. The summed E-state index contributed by atoms with van der Waals surface area (Å²) in [5.41, 5.74) is -0.829. The van der Waals surface area contributed by atoms with Crippen molar-refractivity contribution in [3.8, 4) is 0 Å². The van der Waals surface area contributed by atoms with Gasteiger partial charge in [-0.1, -0.05) is 11.6 Å². The van der Waals surface area contributed by atoms with Gasteiger partial charge in [-0.2, -0.15) is 13.2 Å². The van der Waals surface area contributed by atoms with Gasteiger partial charge < -0.3 is 29.9 Å². The second-order valence-corrected chi connectivity index (χ2v) is 6.86. The van der Waals surface area contributed by atoms with Crippen LogP contribution in [0.3, 0.4) is 0 Å². The molecule has 0 aliphatic heterocycles. The number of carboxylic acid groups (broad SMARTS) is 1. The van der Waals surface area contributed by atoms with E-state index in [0.29, 0.717) is 0 Å². The number of hydrogen-bond acceptors (Lipinski definition) is 6. The molecular weight excluding hydrogens is 433 g/mol. The molecule has 1 rings (SSSR count). The minimum Gasteiger partial charge on any atom is -0.481 e. The molecule has 1 aromatic carbocycles. The lowest BCUT2D eigenvalue weighted by Crippen LogP contribution is -2.48. The molecule has 0 spiro atoms. The van der Waals surface area contributed by atoms with Gasteiger partial charge >= 0.3 is 12.1 Å². The summed E-state index contributed by atoms with van der Waals surface area (Å²) >= 11 is 5.69. The maximum atomic E-state index is 12.8. The van der Waals surface area contributed by atoms with Crippen molar-refractivity contribution in [2.75, 3.05) is 32.6 Å². The number of nitrogens with zero attached hydrogens (tertiary/aromatic N) is 1. The molecule has 0 saturated heterocycles. The summed E-state index contributed by atoms with van der Waals surface area (Å²) in [6, 6.07) is 2.03. The average Bonchev–Trinajstić information content (AvgIpc) is 2.62. The van der Waals surface area contributed by atoms with Crippen molar-refractivity contribution in [3.63, 3.8) is 0 Å². The molecule has 2 atom stereocenters. The van der Waals surface area contributed by atoms with Crippen molar-refractivity contribution >= 4 is 29.2 Å². The molecule has 0 aliphatic rings. The summed E-state index contributed by atoms with van der Waals surface area (Å²) in [6.07, 6.45) is -7.36. The quantitative estimate of drug-likeness (QED) is 0.439.